The standard InChI is InChI=1S/C15H13N7/c1-11-13(5-4-6-14(11)22-7-2-3-8-22)17-10-12(9-16)15-18-20-21-19-15/h2-8,10,17H,1H3,(H,18,19,20,21). The van der Waals surface area contributed by atoms with E-state index in [-0.39, 0.29) is 5.82 Å². The maximum Gasteiger partial charge on any atom is 0.216 e. The van der Waals surface area contributed by atoms with Crippen LogP contribution in [0.15, 0.2) is 48.9 Å². The van der Waals surface area contributed by atoms with Crippen molar-refractivity contribution < 1.29 is 0 Å². The minimum absolute atomic E-state index is 0.259. The molecule has 0 saturated heterocycles. The first kappa shape index (κ1) is 13.6. The SMILES string of the molecule is Cc1c(NC=C(C#N)c2nn[nH]n2)cccc1-n1cccc1. The van der Waals surface area contributed by atoms with Crippen LogP contribution in [-0.2, 0) is 0 Å². The van der Waals surface area contributed by atoms with Crippen LogP contribution < -0.4 is 5.32 Å². The van der Waals surface area contributed by atoms with Crippen molar-refractivity contribution in [1.29, 1.82) is 5.26 Å². The fourth-order valence-electron chi connectivity index (χ4n) is 2.13. The molecule has 0 spiro atoms. The lowest BCUT2D eigenvalue weighted by atomic mass is 10.1. The van der Waals surface area contributed by atoms with E-state index >= 15 is 0 Å². The zero-order valence-corrected chi connectivity index (χ0v) is 11.9. The van der Waals surface area contributed by atoms with Gasteiger partial charge in [-0.05, 0) is 42.0 Å². The van der Waals surface area contributed by atoms with Crippen LogP contribution in [0, 0.1) is 18.3 Å². The molecule has 0 aliphatic heterocycles. The Morgan fingerprint density at radius 1 is 1.32 bits per heavy atom. The Labute approximate surface area is 126 Å². The number of aromatic amines is 1. The molecular weight excluding hydrogens is 278 g/mol. The number of allylic oxidation sites excluding steroid dienone is 1. The molecule has 108 valence electrons. The van der Waals surface area contributed by atoms with Gasteiger partial charge in [0, 0.05) is 30.0 Å². The molecule has 3 aromatic rings. The first-order chi connectivity index (χ1) is 10.8. The van der Waals surface area contributed by atoms with Gasteiger partial charge in [-0.15, -0.1) is 10.2 Å². The van der Waals surface area contributed by atoms with Gasteiger partial charge in [0.15, 0.2) is 0 Å². The van der Waals surface area contributed by atoms with Crippen molar-refractivity contribution in [3.05, 3.63) is 60.3 Å². The van der Waals surface area contributed by atoms with Crippen LogP contribution in [0.2, 0.25) is 0 Å². The van der Waals surface area contributed by atoms with Crippen molar-refractivity contribution in [2.24, 2.45) is 0 Å². The van der Waals surface area contributed by atoms with Crippen LogP contribution in [0.1, 0.15) is 11.4 Å². The van der Waals surface area contributed by atoms with Gasteiger partial charge in [-0.3, -0.25) is 0 Å². The summed E-state index contributed by atoms with van der Waals surface area (Å²) in [6, 6.07) is 11.9. The quantitative estimate of drug-likeness (QED) is 0.719. The Bertz CT molecular complexity index is 823. The van der Waals surface area contributed by atoms with Gasteiger partial charge in [-0.2, -0.15) is 10.5 Å². The second-order valence-corrected chi connectivity index (χ2v) is 4.59. The normalized spacial score (nSPS) is 11.2. The van der Waals surface area contributed by atoms with Crippen LogP contribution in [0.5, 0.6) is 0 Å². The Balaban J connectivity index is 1.90. The average Bonchev–Trinajstić information content (AvgIpc) is 3.22. The highest BCUT2D eigenvalue weighted by Crippen LogP contribution is 2.23. The minimum Gasteiger partial charge on any atom is -0.360 e. The second-order valence-electron chi connectivity index (χ2n) is 4.59. The predicted octanol–water partition coefficient (Wildman–Crippen LogP) is 2.28. The number of rotatable bonds is 4. The van der Waals surface area contributed by atoms with Gasteiger partial charge in [-0.25, -0.2) is 0 Å². The maximum atomic E-state index is 9.17. The summed E-state index contributed by atoms with van der Waals surface area (Å²) in [5.74, 6) is 0.259. The number of hydrogen-bond donors (Lipinski definition) is 2. The van der Waals surface area contributed by atoms with E-state index in [4.69, 9.17) is 5.26 Å². The second kappa shape index (κ2) is 5.93. The van der Waals surface area contributed by atoms with E-state index in [1.165, 1.54) is 0 Å². The van der Waals surface area contributed by atoms with Crippen molar-refractivity contribution in [3.63, 3.8) is 0 Å². The number of benzene rings is 1. The number of aromatic nitrogens is 5. The first-order valence-electron chi connectivity index (χ1n) is 6.63. The van der Waals surface area contributed by atoms with Gasteiger partial charge in [0.2, 0.25) is 5.82 Å². The largest absolute Gasteiger partial charge is 0.360 e. The van der Waals surface area contributed by atoms with E-state index in [0.29, 0.717) is 5.57 Å². The molecule has 0 radical (unpaired) electrons. The van der Waals surface area contributed by atoms with Gasteiger partial charge in [0.1, 0.15) is 11.6 Å². The molecule has 22 heavy (non-hydrogen) atoms. The Hall–Kier alpha value is -3.40. The van der Waals surface area contributed by atoms with Crippen molar-refractivity contribution in [2.75, 3.05) is 5.32 Å². The molecule has 3 rings (SSSR count). The molecule has 7 nitrogen and oxygen atoms in total. The lowest BCUT2D eigenvalue weighted by Gasteiger charge is -2.12. The minimum atomic E-state index is 0.259. The smallest absolute Gasteiger partial charge is 0.216 e. The average molecular weight is 291 g/mol. The third kappa shape index (κ3) is 2.58. The summed E-state index contributed by atoms with van der Waals surface area (Å²) in [6.45, 7) is 2.02. The lowest BCUT2D eigenvalue weighted by Crippen LogP contribution is -1.99. The molecule has 0 atom stereocenters. The molecule has 0 saturated carbocycles. The van der Waals surface area contributed by atoms with Crippen LogP contribution in [0.25, 0.3) is 11.3 Å². The van der Waals surface area contributed by atoms with Crippen LogP contribution >= 0.6 is 0 Å². The fraction of sp³-hybridized carbons (Fsp3) is 0.0667. The monoisotopic (exact) mass is 291 g/mol. The highest BCUT2D eigenvalue weighted by Gasteiger charge is 2.07. The number of nitrogens with one attached hydrogen (secondary N) is 2. The van der Waals surface area contributed by atoms with Crippen molar-refractivity contribution in [2.45, 2.75) is 6.92 Å². The van der Waals surface area contributed by atoms with Gasteiger partial charge in [0.25, 0.3) is 0 Å². The summed E-state index contributed by atoms with van der Waals surface area (Å²) in [7, 11) is 0. The highest BCUT2D eigenvalue weighted by molar-refractivity contribution is 5.75. The maximum absolute atomic E-state index is 9.17. The molecule has 0 amide bonds. The fourth-order valence-corrected chi connectivity index (χ4v) is 2.13. The molecule has 2 aromatic heterocycles. The molecule has 0 bridgehead atoms. The summed E-state index contributed by atoms with van der Waals surface area (Å²) in [5, 5.41) is 25.7. The Morgan fingerprint density at radius 3 is 2.82 bits per heavy atom. The van der Waals surface area contributed by atoms with Crippen molar-refractivity contribution in [3.8, 4) is 11.8 Å². The van der Waals surface area contributed by atoms with Crippen LogP contribution in [0.3, 0.4) is 0 Å². The molecule has 7 heteroatoms. The van der Waals surface area contributed by atoms with Gasteiger partial charge >= 0.3 is 0 Å². The number of H-pyrrole nitrogens is 1. The van der Waals surface area contributed by atoms with Gasteiger partial charge in [-0.1, -0.05) is 6.07 Å². The van der Waals surface area contributed by atoms with E-state index in [1.54, 1.807) is 6.20 Å². The number of nitrogens with zero attached hydrogens (tertiary/aromatic N) is 5. The number of tetrazole rings is 1. The van der Waals surface area contributed by atoms with E-state index in [1.807, 2.05) is 60.3 Å². The molecule has 1 aromatic carbocycles. The summed E-state index contributed by atoms with van der Waals surface area (Å²) in [5.41, 5.74) is 3.35. The molecule has 0 aliphatic carbocycles. The van der Waals surface area contributed by atoms with E-state index < -0.39 is 0 Å². The molecule has 2 N–H and O–H groups in total. The molecule has 2 heterocycles. The topological polar surface area (TPSA) is 95.2 Å². The van der Waals surface area contributed by atoms with Crippen molar-refractivity contribution in [1.82, 2.24) is 25.2 Å². The van der Waals surface area contributed by atoms with Crippen molar-refractivity contribution >= 4 is 11.3 Å². The lowest BCUT2D eigenvalue weighted by molar-refractivity contribution is 0.881. The Kier molecular flexibility index (Phi) is 3.66. The zero-order valence-electron chi connectivity index (χ0n) is 11.9. The highest BCUT2D eigenvalue weighted by atomic mass is 15.5. The third-order valence-corrected chi connectivity index (χ3v) is 3.27. The van der Waals surface area contributed by atoms with Gasteiger partial charge < -0.3 is 9.88 Å². The van der Waals surface area contributed by atoms with E-state index in [9.17, 15) is 0 Å². The van der Waals surface area contributed by atoms with E-state index in [0.717, 1.165) is 16.9 Å². The number of anilines is 1. The number of hydrogen-bond acceptors (Lipinski definition) is 5. The molecule has 0 aliphatic rings. The summed E-state index contributed by atoms with van der Waals surface area (Å²) in [6.07, 6.45) is 5.55. The Morgan fingerprint density at radius 2 is 2.14 bits per heavy atom. The molecule has 0 unspecified atom stereocenters. The number of nitriles is 1. The molecular formula is C15H13N7. The predicted molar refractivity (Wildman–Crippen MR) is 81.9 cm³/mol. The summed E-state index contributed by atoms with van der Waals surface area (Å²) < 4.78 is 2.04. The van der Waals surface area contributed by atoms with E-state index in [2.05, 4.69) is 25.9 Å². The molecule has 0 fully saturated rings. The summed E-state index contributed by atoms with van der Waals surface area (Å²) in [4.78, 5) is 0. The third-order valence-electron chi connectivity index (χ3n) is 3.27. The first-order valence-corrected chi connectivity index (χ1v) is 6.63. The van der Waals surface area contributed by atoms with Gasteiger partial charge in [0.05, 0.1) is 0 Å². The summed E-state index contributed by atoms with van der Waals surface area (Å²) >= 11 is 0. The van der Waals surface area contributed by atoms with Crippen LogP contribution in [-0.4, -0.2) is 25.2 Å². The zero-order chi connectivity index (χ0) is 15.4. The van der Waals surface area contributed by atoms with Crippen LogP contribution in [0.4, 0.5) is 5.69 Å².